The van der Waals surface area contributed by atoms with E-state index in [2.05, 4.69) is 5.32 Å². The van der Waals surface area contributed by atoms with Gasteiger partial charge in [0.25, 0.3) is 5.56 Å². The molecule has 1 N–H and O–H groups in total. The van der Waals surface area contributed by atoms with Crippen molar-refractivity contribution >= 4 is 23.0 Å². The number of carbonyl (C=O) groups is 2. The molecule has 0 aromatic carbocycles. The third kappa shape index (κ3) is 4.10. The first kappa shape index (κ1) is 18.4. The summed E-state index contributed by atoms with van der Waals surface area (Å²) in [6.07, 6.45) is 1.20. The van der Waals surface area contributed by atoms with E-state index in [4.69, 9.17) is 5.26 Å². The average molecular weight is 360 g/mol. The lowest BCUT2D eigenvalue weighted by molar-refractivity contribution is -0.119. The Labute approximate surface area is 146 Å². The van der Waals surface area contributed by atoms with Gasteiger partial charge in [0, 0.05) is 24.5 Å². The van der Waals surface area contributed by atoms with Crippen LogP contribution in [0.15, 0.2) is 27.9 Å². The van der Waals surface area contributed by atoms with Crippen LogP contribution in [0.4, 0.5) is 0 Å². The SMILES string of the molecule is CCn1cc(C#N)c(=O)n(CC(=O)c2ccc(CNC(C)=O)s2)c1=O. The molecule has 0 radical (unpaired) electrons. The molecule has 0 atom stereocenters. The number of nitriles is 1. The molecule has 0 aliphatic heterocycles. The molecule has 2 aromatic rings. The molecule has 25 heavy (non-hydrogen) atoms. The van der Waals surface area contributed by atoms with Crippen molar-refractivity contribution in [1.82, 2.24) is 14.5 Å². The van der Waals surface area contributed by atoms with Crippen molar-refractivity contribution in [2.24, 2.45) is 0 Å². The van der Waals surface area contributed by atoms with Crippen molar-refractivity contribution in [1.29, 1.82) is 5.26 Å². The Morgan fingerprint density at radius 2 is 2.04 bits per heavy atom. The highest BCUT2D eigenvalue weighted by atomic mass is 32.1. The van der Waals surface area contributed by atoms with Crippen LogP contribution in [0.5, 0.6) is 0 Å². The van der Waals surface area contributed by atoms with Crippen molar-refractivity contribution in [2.75, 3.05) is 0 Å². The highest BCUT2D eigenvalue weighted by Crippen LogP contribution is 2.17. The number of amides is 1. The standard InChI is InChI=1S/C16H16N4O4S/c1-3-19-8-11(6-17)15(23)20(16(19)24)9-13(22)14-5-4-12(25-14)7-18-10(2)21/h4-5,8H,3,7,9H2,1-2H3,(H,18,21). The maximum atomic E-state index is 12.4. The molecule has 0 spiro atoms. The summed E-state index contributed by atoms with van der Waals surface area (Å²) in [5.74, 6) is -0.586. The maximum absolute atomic E-state index is 12.4. The Kier molecular flexibility index (Phi) is 5.67. The first-order valence-electron chi connectivity index (χ1n) is 7.48. The van der Waals surface area contributed by atoms with Crippen molar-refractivity contribution in [3.8, 4) is 6.07 Å². The number of aryl methyl sites for hydroxylation is 1. The molecule has 0 unspecified atom stereocenters. The molecule has 2 rings (SSSR count). The minimum Gasteiger partial charge on any atom is -0.351 e. The second-order valence-corrected chi connectivity index (χ2v) is 6.38. The van der Waals surface area contributed by atoms with Gasteiger partial charge in [-0.2, -0.15) is 5.26 Å². The van der Waals surface area contributed by atoms with E-state index < -0.39 is 23.6 Å². The van der Waals surface area contributed by atoms with Crippen molar-refractivity contribution in [3.05, 3.63) is 54.5 Å². The molecular formula is C16H16N4O4S. The van der Waals surface area contributed by atoms with E-state index in [9.17, 15) is 19.2 Å². The van der Waals surface area contributed by atoms with Gasteiger partial charge in [-0.25, -0.2) is 4.79 Å². The zero-order valence-electron chi connectivity index (χ0n) is 13.7. The molecular weight excluding hydrogens is 344 g/mol. The fourth-order valence-corrected chi connectivity index (χ4v) is 3.03. The van der Waals surface area contributed by atoms with Crippen LogP contribution in [0.3, 0.4) is 0 Å². The minimum atomic E-state index is -0.777. The number of thiophene rings is 1. The van der Waals surface area contributed by atoms with E-state index in [1.54, 1.807) is 25.1 Å². The normalized spacial score (nSPS) is 10.3. The number of nitrogens with zero attached hydrogens (tertiary/aromatic N) is 3. The number of carbonyl (C=O) groups excluding carboxylic acids is 2. The van der Waals surface area contributed by atoms with Crippen LogP contribution in [-0.2, 0) is 24.4 Å². The van der Waals surface area contributed by atoms with Crippen LogP contribution in [-0.4, -0.2) is 20.8 Å². The summed E-state index contributed by atoms with van der Waals surface area (Å²) in [7, 11) is 0. The van der Waals surface area contributed by atoms with Gasteiger partial charge in [0.05, 0.1) is 18.0 Å². The van der Waals surface area contributed by atoms with E-state index >= 15 is 0 Å². The van der Waals surface area contributed by atoms with Gasteiger partial charge < -0.3 is 5.32 Å². The van der Waals surface area contributed by atoms with Gasteiger partial charge in [-0.1, -0.05) is 0 Å². The number of hydrogen-bond donors (Lipinski definition) is 1. The molecule has 0 fully saturated rings. The van der Waals surface area contributed by atoms with Gasteiger partial charge in [0.2, 0.25) is 5.91 Å². The first-order chi connectivity index (χ1) is 11.9. The average Bonchev–Trinajstić information content (AvgIpc) is 3.06. The lowest BCUT2D eigenvalue weighted by Crippen LogP contribution is -2.42. The van der Waals surface area contributed by atoms with Crippen LogP contribution >= 0.6 is 11.3 Å². The molecule has 1 amide bonds. The first-order valence-corrected chi connectivity index (χ1v) is 8.29. The molecule has 0 saturated heterocycles. The van der Waals surface area contributed by atoms with E-state index in [0.29, 0.717) is 11.4 Å². The number of rotatable bonds is 6. The number of aromatic nitrogens is 2. The molecule has 9 heteroatoms. The highest BCUT2D eigenvalue weighted by molar-refractivity contribution is 7.14. The molecule has 130 valence electrons. The Hall–Kier alpha value is -2.99. The van der Waals surface area contributed by atoms with Gasteiger partial charge in [-0.15, -0.1) is 11.3 Å². The second kappa shape index (κ2) is 7.72. The predicted molar refractivity (Wildman–Crippen MR) is 91.5 cm³/mol. The molecule has 2 heterocycles. The van der Waals surface area contributed by atoms with E-state index in [1.807, 2.05) is 0 Å². The molecule has 0 saturated carbocycles. The molecule has 0 aliphatic rings. The topological polar surface area (TPSA) is 114 Å². The van der Waals surface area contributed by atoms with Gasteiger partial charge in [0.1, 0.15) is 11.6 Å². The van der Waals surface area contributed by atoms with E-state index in [1.165, 1.54) is 29.0 Å². The highest BCUT2D eigenvalue weighted by Gasteiger charge is 2.16. The zero-order chi connectivity index (χ0) is 18.6. The minimum absolute atomic E-state index is 0.179. The van der Waals surface area contributed by atoms with Crippen LogP contribution < -0.4 is 16.6 Å². The lowest BCUT2D eigenvalue weighted by Gasteiger charge is -2.08. The monoisotopic (exact) mass is 360 g/mol. The van der Waals surface area contributed by atoms with Gasteiger partial charge in [0.15, 0.2) is 5.78 Å². The molecule has 8 nitrogen and oxygen atoms in total. The van der Waals surface area contributed by atoms with Gasteiger partial charge >= 0.3 is 5.69 Å². The third-order valence-electron chi connectivity index (χ3n) is 3.45. The predicted octanol–water partition coefficient (Wildman–Crippen LogP) is 0.482. The second-order valence-electron chi connectivity index (χ2n) is 5.21. The van der Waals surface area contributed by atoms with Crippen LogP contribution in [0, 0.1) is 11.3 Å². The number of Topliss-reactive ketones (excluding diaryl/α,β-unsaturated/α-hetero) is 1. The Bertz CT molecular complexity index is 977. The van der Waals surface area contributed by atoms with Gasteiger partial charge in [-0.3, -0.25) is 23.5 Å². The summed E-state index contributed by atoms with van der Waals surface area (Å²) in [5.41, 5.74) is -1.60. The smallest absolute Gasteiger partial charge is 0.331 e. The molecule has 2 aromatic heterocycles. The number of ketones is 1. The fraction of sp³-hybridized carbons (Fsp3) is 0.312. The van der Waals surface area contributed by atoms with Crippen LogP contribution in [0.2, 0.25) is 0 Å². The Morgan fingerprint density at radius 1 is 1.32 bits per heavy atom. The maximum Gasteiger partial charge on any atom is 0.331 e. The fourth-order valence-electron chi connectivity index (χ4n) is 2.15. The quantitative estimate of drug-likeness (QED) is 0.753. The summed E-state index contributed by atoms with van der Waals surface area (Å²) >= 11 is 1.18. The third-order valence-corrected chi connectivity index (χ3v) is 4.57. The number of hydrogen-bond acceptors (Lipinski definition) is 6. The molecule has 0 aliphatic carbocycles. The van der Waals surface area contributed by atoms with E-state index in [-0.39, 0.29) is 18.0 Å². The number of nitrogens with one attached hydrogen (secondary N) is 1. The van der Waals surface area contributed by atoms with E-state index in [0.717, 1.165) is 9.44 Å². The van der Waals surface area contributed by atoms with Crippen LogP contribution in [0.1, 0.15) is 34.0 Å². The zero-order valence-corrected chi connectivity index (χ0v) is 14.6. The lowest BCUT2D eigenvalue weighted by atomic mass is 10.3. The Morgan fingerprint density at radius 3 is 2.64 bits per heavy atom. The Balaban J connectivity index is 2.30. The van der Waals surface area contributed by atoms with Crippen LogP contribution in [0.25, 0.3) is 0 Å². The summed E-state index contributed by atoms with van der Waals surface area (Å²) in [5, 5.41) is 11.6. The summed E-state index contributed by atoms with van der Waals surface area (Å²) in [6, 6.07) is 5.03. The summed E-state index contributed by atoms with van der Waals surface area (Å²) in [6.45, 7) is 3.24. The van der Waals surface area contributed by atoms with Crippen molar-refractivity contribution in [3.63, 3.8) is 0 Å². The summed E-state index contributed by atoms with van der Waals surface area (Å²) < 4.78 is 1.99. The van der Waals surface area contributed by atoms with Crippen molar-refractivity contribution < 1.29 is 9.59 Å². The summed E-state index contributed by atoms with van der Waals surface area (Å²) in [4.78, 5) is 48.9. The van der Waals surface area contributed by atoms with Crippen molar-refractivity contribution in [2.45, 2.75) is 33.5 Å². The largest absolute Gasteiger partial charge is 0.351 e. The molecule has 0 bridgehead atoms. The van der Waals surface area contributed by atoms with Gasteiger partial charge in [-0.05, 0) is 19.1 Å².